The molecule has 5 nitrogen and oxygen atoms in total. The molecule has 1 atom stereocenters. The predicted octanol–water partition coefficient (Wildman–Crippen LogP) is 6.37. The highest BCUT2D eigenvalue weighted by Crippen LogP contribution is 2.30. The van der Waals surface area contributed by atoms with Crippen molar-refractivity contribution in [3.63, 3.8) is 0 Å². The fourth-order valence-electron chi connectivity index (χ4n) is 4.09. The van der Waals surface area contributed by atoms with E-state index in [9.17, 15) is 13.2 Å². The Kier molecular flexibility index (Phi) is 8.00. The molecule has 4 aromatic carbocycles. The van der Waals surface area contributed by atoms with E-state index < -0.39 is 28.5 Å². The van der Waals surface area contributed by atoms with Crippen molar-refractivity contribution in [2.24, 2.45) is 0 Å². The third kappa shape index (κ3) is 6.21. The number of aryl methyl sites for hydroxylation is 3. The molecule has 0 aromatic heterocycles. The molecule has 1 amide bonds. The van der Waals surface area contributed by atoms with Gasteiger partial charge in [0.1, 0.15) is 6.54 Å². The molecule has 0 unspecified atom stereocenters. The van der Waals surface area contributed by atoms with Crippen LogP contribution in [0.4, 0.5) is 5.69 Å². The van der Waals surface area contributed by atoms with Crippen LogP contribution in [0, 0.1) is 20.8 Å². The Hall–Kier alpha value is -3.61. The van der Waals surface area contributed by atoms with Gasteiger partial charge in [0.25, 0.3) is 10.0 Å². The molecule has 1 N–H and O–H groups in total. The van der Waals surface area contributed by atoms with Gasteiger partial charge in [-0.1, -0.05) is 95.5 Å². The molecule has 0 aliphatic carbocycles. The molecule has 0 bridgehead atoms. The summed E-state index contributed by atoms with van der Waals surface area (Å²) in [5, 5.41) is 3.44. The van der Waals surface area contributed by atoms with Crippen molar-refractivity contribution in [2.45, 2.75) is 31.7 Å². The summed E-state index contributed by atoms with van der Waals surface area (Å²) in [5.41, 5.74) is 4.88. The summed E-state index contributed by atoms with van der Waals surface area (Å²) in [6.45, 7) is 5.27. The number of hydrogen-bond donors (Lipinski definition) is 1. The Morgan fingerprint density at radius 2 is 1.38 bits per heavy atom. The van der Waals surface area contributed by atoms with Gasteiger partial charge in [-0.25, -0.2) is 8.42 Å². The molecule has 190 valence electrons. The first-order valence-electron chi connectivity index (χ1n) is 11.9. The Labute approximate surface area is 223 Å². The maximum absolute atomic E-state index is 13.8. The summed E-state index contributed by atoms with van der Waals surface area (Å²) in [4.78, 5) is 13.6. The van der Waals surface area contributed by atoms with E-state index in [4.69, 9.17) is 11.6 Å². The number of hydrogen-bond acceptors (Lipinski definition) is 3. The SMILES string of the molecule is Cc1ccc([C@H](NC(=O)CN(c2cc(Cl)ccc2C)S(=O)(=O)c2ccc(C)cc2)c2ccccc2)cc1. The smallest absolute Gasteiger partial charge is 0.264 e. The number of rotatable bonds is 8. The van der Waals surface area contributed by atoms with Gasteiger partial charge < -0.3 is 5.32 Å². The molecule has 4 rings (SSSR count). The maximum Gasteiger partial charge on any atom is 0.264 e. The van der Waals surface area contributed by atoms with Crippen molar-refractivity contribution in [3.8, 4) is 0 Å². The molecular formula is C30H29ClN2O3S. The minimum Gasteiger partial charge on any atom is -0.344 e. The van der Waals surface area contributed by atoms with E-state index in [1.807, 2.05) is 68.4 Å². The minimum absolute atomic E-state index is 0.100. The number of carbonyl (C=O) groups is 1. The summed E-state index contributed by atoms with van der Waals surface area (Å²) >= 11 is 6.25. The zero-order valence-corrected chi connectivity index (χ0v) is 22.6. The zero-order valence-electron chi connectivity index (χ0n) is 21.0. The van der Waals surface area contributed by atoms with E-state index >= 15 is 0 Å². The van der Waals surface area contributed by atoms with Gasteiger partial charge in [0.05, 0.1) is 16.6 Å². The normalized spacial score (nSPS) is 12.1. The second-order valence-electron chi connectivity index (χ2n) is 9.08. The Morgan fingerprint density at radius 1 is 0.811 bits per heavy atom. The highest BCUT2D eigenvalue weighted by atomic mass is 35.5. The summed E-state index contributed by atoms with van der Waals surface area (Å²) in [7, 11) is -4.06. The summed E-state index contributed by atoms with van der Waals surface area (Å²) in [6.07, 6.45) is 0. The van der Waals surface area contributed by atoms with Crippen molar-refractivity contribution in [3.05, 3.63) is 130 Å². The monoisotopic (exact) mass is 532 g/mol. The first kappa shape index (κ1) is 26.5. The van der Waals surface area contributed by atoms with Crippen LogP contribution in [0.15, 0.2) is 102 Å². The van der Waals surface area contributed by atoms with Crippen LogP contribution in [0.5, 0.6) is 0 Å². The van der Waals surface area contributed by atoms with Crippen molar-refractivity contribution in [1.29, 1.82) is 0 Å². The second-order valence-corrected chi connectivity index (χ2v) is 11.4. The van der Waals surface area contributed by atoms with Crippen LogP contribution in [0.1, 0.15) is 33.9 Å². The number of nitrogens with zero attached hydrogens (tertiary/aromatic N) is 1. The molecule has 7 heteroatoms. The van der Waals surface area contributed by atoms with E-state index in [-0.39, 0.29) is 4.90 Å². The molecule has 0 spiro atoms. The third-order valence-electron chi connectivity index (χ3n) is 6.18. The molecule has 0 saturated carbocycles. The van der Waals surface area contributed by atoms with Crippen LogP contribution < -0.4 is 9.62 Å². The van der Waals surface area contributed by atoms with Crippen LogP contribution in [0.2, 0.25) is 5.02 Å². The van der Waals surface area contributed by atoms with Crippen LogP contribution in [-0.4, -0.2) is 20.9 Å². The van der Waals surface area contributed by atoms with Crippen LogP contribution in [0.3, 0.4) is 0 Å². The van der Waals surface area contributed by atoms with Gasteiger partial charge in [-0.3, -0.25) is 9.10 Å². The van der Waals surface area contributed by atoms with E-state index in [0.717, 1.165) is 26.6 Å². The largest absolute Gasteiger partial charge is 0.344 e. The molecule has 0 fully saturated rings. The Balaban J connectivity index is 1.72. The van der Waals surface area contributed by atoms with E-state index in [1.165, 1.54) is 0 Å². The lowest BCUT2D eigenvalue weighted by molar-refractivity contribution is -0.120. The van der Waals surface area contributed by atoms with Crippen LogP contribution >= 0.6 is 11.6 Å². The van der Waals surface area contributed by atoms with Gasteiger partial charge in [0, 0.05) is 5.02 Å². The number of nitrogens with one attached hydrogen (secondary N) is 1. The summed E-state index contributed by atoms with van der Waals surface area (Å²) < 4.78 is 28.7. The lowest BCUT2D eigenvalue weighted by Gasteiger charge is -2.27. The summed E-state index contributed by atoms with van der Waals surface area (Å²) in [5.74, 6) is -0.440. The van der Waals surface area contributed by atoms with Gasteiger partial charge >= 0.3 is 0 Å². The number of amides is 1. The zero-order chi connectivity index (χ0) is 26.6. The van der Waals surface area contributed by atoms with Crippen LogP contribution in [-0.2, 0) is 14.8 Å². The fourth-order valence-corrected chi connectivity index (χ4v) is 5.73. The van der Waals surface area contributed by atoms with Gasteiger partial charge in [-0.05, 0) is 61.7 Å². The lowest BCUT2D eigenvalue weighted by atomic mass is 9.98. The molecule has 0 heterocycles. The first-order chi connectivity index (χ1) is 17.6. The van der Waals surface area contributed by atoms with Gasteiger partial charge in [-0.15, -0.1) is 0 Å². The summed E-state index contributed by atoms with van der Waals surface area (Å²) in [6, 6.07) is 28.6. The van der Waals surface area contributed by atoms with Crippen molar-refractivity contribution >= 4 is 33.2 Å². The number of benzene rings is 4. The van der Waals surface area contributed by atoms with Crippen LogP contribution in [0.25, 0.3) is 0 Å². The number of anilines is 1. The fraction of sp³-hybridized carbons (Fsp3) is 0.167. The number of sulfonamides is 1. The van der Waals surface area contributed by atoms with Gasteiger partial charge in [0.15, 0.2) is 0 Å². The van der Waals surface area contributed by atoms with Crippen molar-refractivity contribution in [1.82, 2.24) is 5.32 Å². The molecule has 0 aliphatic heterocycles. The molecule has 4 aromatic rings. The van der Waals surface area contributed by atoms with Gasteiger partial charge in [0.2, 0.25) is 5.91 Å². The molecule has 0 aliphatic rings. The van der Waals surface area contributed by atoms with Gasteiger partial charge in [-0.2, -0.15) is 0 Å². The van der Waals surface area contributed by atoms with E-state index in [1.54, 1.807) is 49.4 Å². The Morgan fingerprint density at radius 3 is 2.00 bits per heavy atom. The highest BCUT2D eigenvalue weighted by Gasteiger charge is 2.29. The third-order valence-corrected chi connectivity index (χ3v) is 8.19. The van der Waals surface area contributed by atoms with E-state index in [2.05, 4.69) is 5.32 Å². The highest BCUT2D eigenvalue weighted by molar-refractivity contribution is 7.92. The molecular weight excluding hydrogens is 504 g/mol. The maximum atomic E-state index is 13.8. The molecule has 0 saturated heterocycles. The van der Waals surface area contributed by atoms with Crippen molar-refractivity contribution < 1.29 is 13.2 Å². The number of carbonyl (C=O) groups excluding carboxylic acids is 1. The topological polar surface area (TPSA) is 66.5 Å². The van der Waals surface area contributed by atoms with Crippen molar-refractivity contribution in [2.75, 3.05) is 10.8 Å². The minimum atomic E-state index is -4.06. The average molecular weight is 533 g/mol. The predicted molar refractivity (Wildman–Crippen MR) is 150 cm³/mol. The first-order valence-corrected chi connectivity index (χ1v) is 13.7. The molecule has 0 radical (unpaired) electrons. The van der Waals surface area contributed by atoms with E-state index in [0.29, 0.717) is 16.3 Å². The lowest BCUT2D eigenvalue weighted by Crippen LogP contribution is -2.42. The standard InChI is InChI=1S/C30H29ClN2O3S/c1-21-9-14-25(15-10-21)30(24-7-5-4-6-8-24)32-29(34)20-33(28-19-26(31)16-13-23(28)3)37(35,36)27-17-11-22(2)12-18-27/h4-19,30H,20H2,1-3H3,(H,32,34)/t30-/m1/s1. The molecule has 37 heavy (non-hydrogen) atoms. The second kappa shape index (κ2) is 11.2. The number of halogens is 1. The average Bonchev–Trinajstić information content (AvgIpc) is 2.89. The quantitative estimate of drug-likeness (QED) is 0.287. The Bertz CT molecular complexity index is 1490.